The molecule has 0 saturated carbocycles. The first-order valence-corrected chi connectivity index (χ1v) is 13.2. The molecule has 3 aromatic rings. The van der Waals surface area contributed by atoms with Crippen LogP contribution in [0.1, 0.15) is 36.6 Å². The van der Waals surface area contributed by atoms with Gasteiger partial charge in [-0.1, -0.05) is 23.7 Å². The van der Waals surface area contributed by atoms with Crippen LogP contribution in [0.15, 0.2) is 66.2 Å². The predicted octanol–water partition coefficient (Wildman–Crippen LogP) is 6.40. The number of nitrogens with zero attached hydrogens (tertiary/aromatic N) is 4. The number of halogens is 7. The lowest BCUT2D eigenvalue weighted by Crippen LogP contribution is -2.60. The third kappa shape index (κ3) is 5.76. The number of aromatic nitrogens is 2. The molecule has 1 saturated heterocycles. The summed E-state index contributed by atoms with van der Waals surface area (Å²) in [6, 6.07) is 9.10. The van der Waals surface area contributed by atoms with Gasteiger partial charge in [0, 0.05) is 17.1 Å². The number of benzene rings is 2. The standard InChI is InChI=1S/C28H22ClF6N5O3/c1-26-8-3-9-40(26)39(13-15-4-2-5-17(29)10-15)25(43)22(23(26)41)24(42)38-19-7-6-16(27(30,31)32)11-18(19)20-12-21(28(33,34)35)37-14-36-20/h2,4-7,10-12,14,41H,3,8-9,13H2,1H3,(H,38,42)/t26-/m1/s1. The van der Waals surface area contributed by atoms with Gasteiger partial charge in [0.05, 0.1) is 29.0 Å². The van der Waals surface area contributed by atoms with Crippen LogP contribution < -0.4 is 5.32 Å². The van der Waals surface area contributed by atoms with E-state index >= 15 is 0 Å². The Balaban J connectivity index is 1.56. The van der Waals surface area contributed by atoms with Gasteiger partial charge in [0.2, 0.25) is 0 Å². The van der Waals surface area contributed by atoms with Crippen LogP contribution in [0.25, 0.3) is 11.3 Å². The fraction of sp³-hybridized carbons (Fsp3) is 0.286. The van der Waals surface area contributed by atoms with Crippen molar-refractivity contribution in [1.29, 1.82) is 0 Å². The van der Waals surface area contributed by atoms with Gasteiger partial charge in [0.15, 0.2) is 0 Å². The van der Waals surface area contributed by atoms with Crippen molar-refractivity contribution < 1.29 is 41.0 Å². The second-order valence-corrected chi connectivity index (χ2v) is 10.7. The second kappa shape index (κ2) is 10.8. The van der Waals surface area contributed by atoms with Gasteiger partial charge >= 0.3 is 12.4 Å². The maximum absolute atomic E-state index is 13.7. The van der Waals surface area contributed by atoms with Crippen LogP contribution in [0.3, 0.4) is 0 Å². The Morgan fingerprint density at radius 2 is 1.81 bits per heavy atom. The van der Waals surface area contributed by atoms with Gasteiger partial charge in [0.25, 0.3) is 11.8 Å². The number of hydrazine groups is 1. The summed E-state index contributed by atoms with van der Waals surface area (Å²) in [7, 11) is 0. The van der Waals surface area contributed by atoms with Crippen LogP contribution in [0.2, 0.25) is 5.02 Å². The number of hydrogen-bond donors (Lipinski definition) is 2. The van der Waals surface area contributed by atoms with E-state index < -0.39 is 63.6 Å². The summed E-state index contributed by atoms with van der Waals surface area (Å²) in [5, 5.41) is 16.9. The third-order valence-corrected chi connectivity index (χ3v) is 7.60. The molecule has 43 heavy (non-hydrogen) atoms. The average molecular weight is 626 g/mol. The minimum absolute atomic E-state index is 0.00821. The highest BCUT2D eigenvalue weighted by Crippen LogP contribution is 2.43. The zero-order valence-corrected chi connectivity index (χ0v) is 23.0. The lowest BCUT2D eigenvalue weighted by Gasteiger charge is -2.46. The number of aliphatic hydroxyl groups excluding tert-OH is 1. The number of hydrogen-bond acceptors (Lipinski definition) is 6. The molecule has 1 fully saturated rings. The molecule has 0 radical (unpaired) electrons. The van der Waals surface area contributed by atoms with E-state index in [-0.39, 0.29) is 12.2 Å². The van der Waals surface area contributed by atoms with Crippen LogP contribution in [0, 0.1) is 0 Å². The van der Waals surface area contributed by atoms with Crippen LogP contribution in [-0.2, 0) is 28.5 Å². The number of amides is 2. The van der Waals surface area contributed by atoms with Gasteiger partial charge in [0.1, 0.15) is 23.4 Å². The van der Waals surface area contributed by atoms with Crippen molar-refractivity contribution in [1.82, 2.24) is 20.0 Å². The molecule has 2 amide bonds. The number of aliphatic hydroxyl groups is 1. The van der Waals surface area contributed by atoms with E-state index in [2.05, 4.69) is 15.3 Å². The van der Waals surface area contributed by atoms with Crippen molar-refractivity contribution in [3.05, 3.63) is 88.0 Å². The highest BCUT2D eigenvalue weighted by Gasteiger charge is 2.52. The van der Waals surface area contributed by atoms with E-state index in [9.17, 15) is 41.0 Å². The Hall–Kier alpha value is -4.17. The van der Waals surface area contributed by atoms with Gasteiger partial charge in [-0.25, -0.2) is 15.0 Å². The van der Waals surface area contributed by atoms with E-state index in [1.165, 1.54) is 5.01 Å². The van der Waals surface area contributed by atoms with Gasteiger partial charge in [-0.3, -0.25) is 14.6 Å². The first kappa shape index (κ1) is 30.3. The van der Waals surface area contributed by atoms with E-state index in [1.54, 1.807) is 36.2 Å². The Kier molecular flexibility index (Phi) is 7.63. The molecular weight excluding hydrogens is 604 g/mol. The molecule has 226 valence electrons. The Morgan fingerprint density at radius 3 is 2.49 bits per heavy atom. The van der Waals surface area contributed by atoms with Crippen molar-refractivity contribution in [2.45, 2.75) is 44.2 Å². The molecule has 1 aromatic heterocycles. The summed E-state index contributed by atoms with van der Waals surface area (Å²) >= 11 is 6.10. The summed E-state index contributed by atoms with van der Waals surface area (Å²) in [5.41, 5.74) is -5.27. The zero-order chi connectivity index (χ0) is 31.3. The van der Waals surface area contributed by atoms with Crippen LogP contribution in [0.4, 0.5) is 32.0 Å². The van der Waals surface area contributed by atoms with E-state index in [0.717, 1.165) is 6.07 Å². The van der Waals surface area contributed by atoms with Crippen molar-refractivity contribution in [2.75, 3.05) is 11.9 Å². The van der Waals surface area contributed by atoms with E-state index in [4.69, 9.17) is 11.6 Å². The third-order valence-electron chi connectivity index (χ3n) is 7.37. The molecule has 0 aliphatic carbocycles. The fourth-order valence-electron chi connectivity index (χ4n) is 5.24. The van der Waals surface area contributed by atoms with Crippen molar-refractivity contribution in [2.24, 2.45) is 0 Å². The normalized spacial score (nSPS) is 19.5. The number of rotatable bonds is 5. The van der Waals surface area contributed by atoms with E-state index in [1.807, 2.05) is 0 Å². The number of carbonyl (C=O) groups is 2. The van der Waals surface area contributed by atoms with Crippen LogP contribution in [-0.4, -0.2) is 49.0 Å². The molecule has 2 aliphatic heterocycles. The monoisotopic (exact) mass is 625 g/mol. The predicted molar refractivity (Wildman–Crippen MR) is 142 cm³/mol. The SMILES string of the molecule is C[C@]12CCCN1N(Cc1cccc(Cl)c1)C(=O)C(C(=O)Nc1ccc(C(F)(F)F)cc1-c1cc(C(F)(F)F)ncn1)=C2O. The van der Waals surface area contributed by atoms with Gasteiger partial charge in [-0.05, 0) is 61.7 Å². The van der Waals surface area contributed by atoms with E-state index in [0.29, 0.717) is 54.5 Å². The highest BCUT2D eigenvalue weighted by molar-refractivity contribution is 6.30. The number of nitrogens with one attached hydrogen (secondary N) is 1. The first-order chi connectivity index (χ1) is 20.1. The van der Waals surface area contributed by atoms with Crippen molar-refractivity contribution >= 4 is 29.1 Å². The van der Waals surface area contributed by atoms with Gasteiger partial charge in [-0.2, -0.15) is 26.3 Å². The molecule has 2 aliphatic rings. The molecule has 3 heterocycles. The summed E-state index contributed by atoms with van der Waals surface area (Å²) in [6.45, 7) is 2.02. The summed E-state index contributed by atoms with van der Waals surface area (Å²) in [4.78, 5) is 34.1. The molecule has 15 heteroatoms. The summed E-state index contributed by atoms with van der Waals surface area (Å²) in [6.07, 6.45) is -8.32. The molecule has 1 atom stereocenters. The van der Waals surface area contributed by atoms with Crippen molar-refractivity contribution in [3.8, 4) is 11.3 Å². The molecule has 0 bridgehead atoms. The number of carbonyl (C=O) groups excluding carboxylic acids is 2. The largest absolute Gasteiger partial charge is 0.509 e. The maximum atomic E-state index is 13.7. The Bertz CT molecular complexity index is 1640. The Morgan fingerprint density at radius 1 is 1.07 bits per heavy atom. The smallest absolute Gasteiger partial charge is 0.433 e. The maximum Gasteiger partial charge on any atom is 0.433 e. The Labute approximate surface area is 245 Å². The minimum Gasteiger partial charge on any atom is -0.509 e. The lowest BCUT2D eigenvalue weighted by atomic mass is 9.90. The zero-order valence-electron chi connectivity index (χ0n) is 22.2. The molecule has 2 N–H and O–H groups in total. The number of alkyl halides is 6. The first-order valence-electron chi connectivity index (χ1n) is 12.8. The summed E-state index contributed by atoms with van der Waals surface area (Å²) in [5.74, 6) is -2.59. The second-order valence-electron chi connectivity index (χ2n) is 10.2. The molecule has 0 unspecified atom stereocenters. The van der Waals surface area contributed by atoms with Gasteiger partial charge in [-0.15, -0.1) is 0 Å². The average Bonchev–Trinajstić information content (AvgIpc) is 3.33. The summed E-state index contributed by atoms with van der Waals surface area (Å²) < 4.78 is 80.6. The highest BCUT2D eigenvalue weighted by atomic mass is 35.5. The van der Waals surface area contributed by atoms with Crippen LogP contribution >= 0.6 is 11.6 Å². The molecule has 8 nitrogen and oxygen atoms in total. The minimum atomic E-state index is -4.93. The van der Waals surface area contributed by atoms with Crippen LogP contribution in [0.5, 0.6) is 0 Å². The van der Waals surface area contributed by atoms with Crippen molar-refractivity contribution in [3.63, 3.8) is 0 Å². The fourth-order valence-corrected chi connectivity index (χ4v) is 5.45. The number of fused-ring (bicyclic) bond motifs is 1. The number of anilines is 1. The van der Waals surface area contributed by atoms with Gasteiger partial charge < -0.3 is 10.4 Å². The molecular formula is C28H22ClF6N5O3. The quantitative estimate of drug-likeness (QED) is 0.252. The lowest BCUT2D eigenvalue weighted by molar-refractivity contribution is -0.160. The topological polar surface area (TPSA) is 98.7 Å². The molecule has 5 rings (SSSR count). The molecule has 2 aromatic carbocycles. The molecule has 0 spiro atoms.